The van der Waals surface area contributed by atoms with Gasteiger partial charge in [-0.1, -0.05) is 18.0 Å². The van der Waals surface area contributed by atoms with E-state index < -0.39 is 0 Å². The molecule has 2 N–H and O–H groups in total. The molecule has 0 saturated heterocycles. The van der Waals surface area contributed by atoms with Crippen molar-refractivity contribution in [1.29, 1.82) is 0 Å². The predicted octanol–water partition coefficient (Wildman–Crippen LogP) is 3.05. The van der Waals surface area contributed by atoms with Crippen LogP contribution in [-0.2, 0) is 5.41 Å². The zero-order chi connectivity index (χ0) is 13.3. The van der Waals surface area contributed by atoms with Gasteiger partial charge in [-0.15, -0.1) is 0 Å². The van der Waals surface area contributed by atoms with Crippen LogP contribution in [0.1, 0.15) is 30.4 Å². The lowest BCUT2D eigenvalue weighted by Gasteiger charge is -2.43. The molecule has 1 aromatic rings. The molecule has 2 rings (SSSR count). The summed E-state index contributed by atoms with van der Waals surface area (Å²) in [6, 6.07) is 1.83. The van der Waals surface area contributed by atoms with Gasteiger partial charge in [-0.2, -0.15) is 0 Å². The standard InChI is InChI=1S/C14H20ClNO2/c1-9-12(14(8-16)5-4-6-14)10(15)7-11(17-2)13(9)18-3/h7H,4-6,8,16H2,1-3H3. The maximum absolute atomic E-state index is 6.43. The van der Waals surface area contributed by atoms with E-state index in [0.717, 1.165) is 34.7 Å². The van der Waals surface area contributed by atoms with Crippen molar-refractivity contribution in [2.45, 2.75) is 31.6 Å². The van der Waals surface area contributed by atoms with Crippen LogP contribution in [0.2, 0.25) is 5.02 Å². The van der Waals surface area contributed by atoms with Gasteiger partial charge in [-0.25, -0.2) is 0 Å². The van der Waals surface area contributed by atoms with Crippen molar-refractivity contribution in [1.82, 2.24) is 0 Å². The summed E-state index contributed by atoms with van der Waals surface area (Å²) in [5.41, 5.74) is 8.18. The van der Waals surface area contributed by atoms with Gasteiger partial charge in [0.05, 0.1) is 14.2 Å². The Kier molecular flexibility index (Phi) is 3.74. The summed E-state index contributed by atoms with van der Waals surface area (Å²) >= 11 is 6.43. The molecule has 0 heterocycles. The molecule has 1 aliphatic rings. The van der Waals surface area contributed by atoms with E-state index in [2.05, 4.69) is 0 Å². The zero-order valence-electron chi connectivity index (χ0n) is 11.2. The van der Waals surface area contributed by atoms with Gasteiger partial charge in [0, 0.05) is 28.6 Å². The van der Waals surface area contributed by atoms with Crippen molar-refractivity contribution in [3.8, 4) is 11.5 Å². The van der Waals surface area contributed by atoms with Crippen LogP contribution in [0, 0.1) is 6.92 Å². The van der Waals surface area contributed by atoms with Crippen molar-refractivity contribution >= 4 is 11.6 Å². The first kappa shape index (κ1) is 13.5. The van der Waals surface area contributed by atoms with E-state index in [-0.39, 0.29) is 5.41 Å². The van der Waals surface area contributed by atoms with Crippen molar-refractivity contribution in [2.24, 2.45) is 5.73 Å². The number of halogens is 1. The fourth-order valence-corrected chi connectivity index (χ4v) is 3.39. The molecule has 0 spiro atoms. The number of ether oxygens (including phenoxy) is 2. The van der Waals surface area contributed by atoms with Crippen LogP contribution >= 0.6 is 11.6 Å². The molecule has 1 aromatic carbocycles. The monoisotopic (exact) mass is 269 g/mol. The molecule has 1 fully saturated rings. The van der Waals surface area contributed by atoms with Gasteiger partial charge in [-0.05, 0) is 25.3 Å². The second-order valence-electron chi connectivity index (χ2n) is 4.93. The van der Waals surface area contributed by atoms with Crippen molar-refractivity contribution < 1.29 is 9.47 Å². The van der Waals surface area contributed by atoms with Crippen molar-refractivity contribution in [3.63, 3.8) is 0 Å². The Morgan fingerprint density at radius 2 is 2.00 bits per heavy atom. The summed E-state index contributed by atoms with van der Waals surface area (Å²) in [4.78, 5) is 0. The van der Waals surface area contributed by atoms with Crippen LogP contribution in [-0.4, -0.2) is 20.8 Å². The molecule has 0 radical (unpaired) electrons. The van der Waals surface area contributed by atoms with E-state index in [1.165, 1.54) is 6.42 Å². The van der Waals surface area contributed by atoms with Crippen LogP contribution in [0.15, 0.2) is 6.07 Å². The lowest BCUT2D eigenvalue weighted by molar-refractivity contribution is 0.250. The van der Waals surface area contributed by atoms with Gasteiger partial charge >= 0.3 is 0 Å². The smallest absolute Gasteiger partial charge is 0.164 e. The first-order chi connectivity index (χ1) is 8.59. The lowest BCUT2D eigenvalue weighted by atomic mass is 9.63. The molecular formula is C14H20ClNO2. The molecule has 18 heavy (non-hydrogen) atoms. The minimum Gasteiger partial charge on any atom is -0.493 e. The van der Waals surface area contributed by atoms with Gasteiger partial charge in [0.1, 0.15) is 0 Å². The number of hydrogen-bond donors (Lipinski definition) is 1. The van der Waals surface area contributed by atoms with Gasteiger partial charge < -0.3 is 15.2 Å². The summed E-state index contributed by atoms with van der Waals surface area (Å²) in [6.07, 6.45) is 3.40. The lowest BCUT2D eigenvalue weighted by Crippen LogP contribution is -2.42. The minimum absolute atomic E-state index is 0.0285. The van der Waals surface area contributed by atoms with E-state index >= 15 is 0 Å². The normalized spacial score (nSPS) is 17.2. The molecule has 100 valence electrons. The summed E-state index contributed by atoms with van der Waals surface area (Å²) in [5.74, 6) is 1.44. The number of benzene rings is 1. The molecule has 0 amide bonds. The van der Waals surface area contributed by atoms with E-state index in [4.69, 9.17) is 26.8 Å². The number of nitrogens with two attached hydrogens (primary N) is 1. The molecule has 0 atom stereocenters. The summed E-state index contributed by atoms with van der Waals surface area (Å²) in [6.45, 7) is 2.65. The van der Waals surface area contributed by atoms with Crippen LogP contribution in [0.4, 0.5) is 0 Å². The highest BCUT2D eigenvalue weighted by Crippen LogP contribution is 2.50. The molecule has 0 aliphatic heterocycles. The third-order valence-corrected chi connectivity index (χ3v) is 4.39. The number of hydrogen-bond acceptors (Lipinski definition) is 3. The van der Waals surface area contributed by atoms with Gasteiger partial charge in [0.15, 0.2) is 11.5 Å². The largest absolute Gasteiger partial charge is 0.493 e. The number of rotatable bonds is 4. The Morgan fingerprint density at radius 1 is 1.33 bits per heavy atom. The van der Waals surface area contributed by atoms with E-state index in [1.807, 2.05) is 13.0 Å². The maximum Gasteiger partial charge on any atom is 0.164 e. The Labute approximate surface area is 113 Å². The fourth-order valence-electron chi connectivity index (χ4n) is 2.95. The molecule has 3 nitrogen and oxygen atoms in total. The zero-order valence-corrected chi connectivity index (χ0v) is 11.9. The van der Waals surface area contributed by atoms with E-state index in [0.29, 0.717) is 12.3 Å². The first-order valence-corrected chi connectivity index (χ1v) is 6.59. The Morgan fingerprint density at radius 3 is 2.39 bits per heavy atom. The maximum atomic E-state index is 6.43. The average molecular weight is 270 g/mol. The molecule has 0 bridgehead atoms. The average Bonchev–Trinajstić information content (AvgIpc) is 2.31. The summed E-state index contributed by atoms with van der Waals surface area (Å²) in [7, 11) is 3.27. The van der Waals surface area contributed by atoms with Gasteiger partial charge in [0.25, 0.3) is 0 Å². The third-order valence-electron chi connectivity index (χ3n) is 4.09. The molecular weight excluding hydrogens is 250 g/mol. The van der Waals surface area contributed by atoms with E-state index in [1.54, 1.807) is 14.2 Å². The van der Waals surface area contributed by atoms with Gasteiger partial charge in [0.2, 0.25) is 0 Å². The molecule has 1 aliphatic carbocycles. The minimum atomic E-state index is 0.0285. The summed E-state index contributed by atoms with van der Waals surface area (Å²) in [5, 5.41) is 0.732. The predicted molar refractivity (Wildman–Crippen MR) is 73.9 cm³/mol. The number of methoxy groups -OCH3 is 2. The highest BCUT2D eigenvalue weighted by atomic mass is 35.5. The third kappa shape index (κ3) is 1.86. The summed E-state index contributed by atoms with van der Waals surface area (Å²) < 4.78 is 10.8. The fraction of sp³-hybridized carbons (Fsp3) is 0.571. The van der Waals surface area contributed by atoms with E-state index in [9.17, 15) is 0 Å². The Balaban J connectivity index is 2.61. The molecule has 4 heteroatoms. The van der Waals surface area contributed by atoms with Crippen LogP contribution < -0.4 is 15.2 Å². The SMILES string of the molecule is COc1cc(Cl)c(C2(CN)CCC2)c(C)c1OC. The topological polar surface area (TPSA) is 44.5 Å². The Hall–Kier alpha value is -0.930. The van der Waals surface area contributed by atoms with Crippen LogP contribution in [0.5, 0.6) is 11.5 Å². The van der Waals surface area contributed by atoms with Crippen LogP contribution in [0.25, 0.3) is 0 Å². The first-order valence-electron chi connectivity index (χ1n) is 6.21. The second-order valence-corrected chi connectivity index (χ2v) is 5.34. The van der Waals surface area contributed by atoms with Crippen molar-refractivity contribution in [2.75, 3.05) is 20.8 Å². The van der Waals surface area contributed by atoms with Crippen LogP contribution in [0.3, 0.4) is 0 Å². The molecule has 0 aromatic heterocycles. The molecule has 1 saturated carbocycles. The van der Waals surface area contributed by atoms with Crippen molar-refractivity contribution in [3.05, 3.63) is 22.2 Å². The van der Waals surface area contributed by atoms with Gasteiger partial charge in [-0.3, -0.25) is 0 Å². The highest BCUT2D eigenvalue weighted by Gasteiger charge is 2.41. The molecule has 0 unspecified atom stereocenters. The highest BCUT2D eigenvalue weighted by molar-refractivity contribution is 6.31. The Bertz CT molecular complexity index is 450. The second kappa shape index (κ2) is 4.98. The quantitative estimate of drug-likeness (QED) is 0.914.